The van der Waals surface area contributed by atoms with Gasteiger partial charge < -0.3 is 10.2 Å². The number of likely N-dealkylation sites (N-methyl/N-ethyl adjacent to an activating group) is 1. The molecule has 0 saturated heterocycles. The largest absolute Gasteiger partial charge is 0.308 e. The van der Waals surface area contributed by atoms with Crippen LogP contribution < -0.4 is 5.32 Å². The van der Waals surface area contributed by atoms with Gasteiger partial charge in [0.25, 0.3) is 0 Å². The fourth-order valence-corrected chi connectivity index (χ4v) is 3.35. The molecule has 1 aromatic heterocycles. The van der Waals surface area contributed by atoms with Crippen molar-refractivity contribution in [2.24, 2.45) is 0 Å². The average molecular weight is 262 g/mol. The van der Waals surface area contributed by atoms with Gasteiger partial charge in [0.05, 0.1) is 6.04 Å². The molecular weight excluding hydrogens is 236 g/mol. The molecule has 0 amide bonds. The van der Waals surface area contributed by atoms with Crippen molar-refractivity contribution >= 4 is 0 Å². The summed E-state index contributed by atoms with van der Waals surface area (Å²) in [6.45, 7) is 3.25. The second kappa shape index (κ2) is 6.44. The lowest BCUT2D eigenvalue weighted by Crippen LogP contribution is -2.52. The van der Waals surface area contributed by atoms with Gasteiger partial charge in [-0.1, -0.05) is 19.8 Å². The molecule has 1 aliphatic rings. The molecule has 0 radical (unpaired) electrons. The van der Waals surface area contributed by atoms with Crippen molar-refractivity contribution in [3.05, 3.63) is 24.3 Å². The van der Waals surface area contributed by atoms with Crippen LogP contribution >= 0.6 is 0 Å². The van der Waals surface area contributed by atoms with Crippen molar-refractivity contribution in [3.63, 3.8) is 0 Å². The van der Waals surface area contributed by atoms with Crippen LogP contribution in [0.4, 0.5) is 0 Å². The fourth-order valence-electron chi connectivity index (χ4n) is 3.35. The zero-order chi connectivity index (χ0) is 13.7. The Morgan fingerprint density at radius 2 is 1.89 bits per heavy atom. The molecule has 1 saturated carbocycles. The van der Waals surface area contributed by atoms with Gasteiger partial charge in [0, 0.05) is 23.5 Å². The van der Waals surface area contributed by atoms with Crippen LogP contribution in [0, 0.1) is 0 Å². The highest BCUT2D eigenvalue weighted by Gasteiger charge is 2.43. The first-order valence-electron chi connectivity index (χ1n) is 7.36. The van der Waals surface area contributed by atoms with Gasteiger partial charge in [-0.05, 0) is 39.9 Å². The minimum Gasteiger partial charge on any atom is -0.308 e. The number of rotatable bonds is 6. The van der Waals surface area contributed by atoms with Crippen molar-refractivity contribution in [2.45, 2.75) is 50.6 Å². The van der Waals surface area contributed by atoms with Crippen molar-refractivity contribution in [3.8, 4) is 0 Å². The predicted octanol–water partition coefficient (Wildman–Crippen LogP) is 2.39. The first kappa shape index (κ1) is 14.4. The molecule has 19 heavy (non-hydrogen) atoms. The molecule has 0 spiro atoms. The Morgan fingerprint density at radius 1 is 1.26 bits per heavy atom. The normalized spacial score (nSPS) is 19.8. The first-order chi connectivity index (χ1) is 9.20. The summed E-state index contributed by atoms with van der Waals surface area (Å²) in [5.41, 5.74) is 1.42. The summed E-state index contributed by atoms with van der Waals surface area (Å²) in [6.07, 6.45) is 11.8. The SMILES string of the molecule is CCCNC(c1cncnc1)C1(N(C)C)CCCC1. The van der Waals surface area contributed by atoms with Gasteiger partial charge >= 0.3 is 0 Å². The van der Waals surface area contributed by atoms with Crippen LogP contribution in [0.15, 0.2) is 18.7 Å². The minimum atomic E-state index is 0.208. The van der Waals surface area contributed by atoms with Crippen LogP contribution in [0.5, 0.6) is 0 Å². The molecule has 4 nitrogen and oxygen atoms in total. The summed E-state index contributed by atoms with van der Waals surface area (Å²) in [5, 5.41) is 3.73. The van der Waals surface area contributed by atoms with E-state index in [-0.39, 0.29) is 5.54 Å². The van der Waals surface area contributed by atoms with Gasteiger partial charge in [0.2, 0.25) is 0 Å². The molecule has 0 aromatic carbocycles. The molecule has 1 unspecified atom stereocenters. The predicted molar refractivity (Wildman–Crippen MR) is 78.0 cm³/mol. The Balaban J connectivity index is 2.30. The molecule has 1 fully saturated rings. The van der Waals surface area contributed by atoms with E-state index in [1.54, 1.807) is 6.33 Å². The summed E-state index contributed by atoms with van der Waals surface area (Å²) < 4.78 is 0. The van der Waals surface area contributed by atoms with E-state index in [1.165, 1.54) is 31.2 Å². The molecular formula is C15H26N4. The van der Waals surface area contributed by atoms with Crippen LogP contribution in [0.1, 0.15) is 50.6 Å². The molecule has 0 bridgehead atoms. The van der Waals surface area contributed by atoms with E-state index >= 15 is 0 Å². The Hall–Kier alpha value is -1.00. The lowest BCUT2D eigenvalue weighted by molar-refractivity contribution is 0.104. The molecule has 4 heteroatoms. The standard InChI is InChI=1S/C15H26N4/c1-4-9-18-14(13-10-16-12-17-11-13)15(19(2)3)7-5-6-8-15/h10-12,14,18H,4-9H2,1-3H3. The smallest absolute Gasteiger partial charge is 0.115 e. The van der Waals surface area contributed by atoms with Gasteiger partial charge in [0.15, 0.2) is 0 Å². The maximum atomic E-state index is 4.21. The topological polar surface area (TPSA) is 41.1 Å². The van der Waals surface area contributed by atoms with E-state index in [2.05, 4.69) is 41.2 Å². The fraction of sp³-hybridized carbons (Fsp3) is 0.733. The highest BCUT2D eigenvalue weighted by atomic mass is 15.2. The van der Waals surface area contributed by atoms with Crippen molar-refractivity contribution in [2.75, 3.05) is 20.6 Å². The first-order valence-corrected chi connectivity index (χ1v) is 7.36. The number of hydrogen-bond donors (Lipinski definition) is 1. The Morgan fingerprint density at radius 3 is 2.42 bits per heavy atom. The van der Waals surface area contributed by atoms with Gasteiger partial charge in [-0.15, -0.1) is 0 Å². The molecule has 1 atom stereocenters. The average Bonchev–Trinajstić information content (AvgIpc) is 2.91. The zero-order valence-corrected chi connectivity index (χ0v) is 12.4. The quantitative estimate of drug-likeness (QED) is 0.854. The molecule has 1 heterocycles. The lowest BCUT2D eigenvalue weighted by Gasteiger charge is -2.43. The van der Waals surface area contributed by atoms with E-state index in [1.807, 2.05) is 12.4 Å². The molecule has 0 aliphatic heterocycles. The number of aromatic nitrogens is 2. The van der Waals surface area contributed by atoms with Crippen LogP contribution in [0.25, 0.3) is 0 Å². The van der Waals surface area contributed by atoms with Gasteiger partial charge in [-0.2, -0.15) is 0 Å². The molecule has 1 N–H and O–H groups in total. The summed E-state index contributed by atoms with van der Waals surface area (Å²) in [5.74, 6) is 0. The van der Waals surface area contributed by atoms with Gasteiger partial charge in [0.1, 0.15) is 6.33 Å². The third-order valence-corrected chi connectivity index (χ3v) is 4.41. The zero-order valence-electron chi connectivity index (χ0n) is 12.4. The van der Waals surface area contributed by atoms with E-state index in [0.29, 0.717) is 6.04 Å². The highest BCUT2D eigenvalue weighted by molar-refractivity contribution is 5.18. The van der Waals surface area contributed by atoms with Gasteiger partial charge in [-0.25, -0.2) is 9.97 Å². The monoisotopic (exact) mass is 262 g/mol. The Bertz CT molecular complexity index is 371. The Kier molecular flexibility index (Phi) is 4.88. The molecule has 1 aliphatic carbocycles. The van der Waals surface area contributed by atoms with Crippen molar-refractivity contribution in [1.82, 2.24) is 20.2 Å². The highest BCUT2D eigenvalue weighted by Crippen LogP contribution is 2.43. The number of nitrogens with one attached hydrogen (secondary N) is 1. The molecule has 1 aromatic rings. The maximum Gasteiger partial charge on any atom is 0.115 e. The lowest BCUT2D eigenvalue weighted by atomic mass is 9.83. The number of hydrogen-bond acceptors (Lipinski definition) is 4. The summed E-state index contributed by atoms with van der Waals surface area (Å²) in [6, 6.07) is 0.325. The van der Waals surface area contributed by atoms with E-state index in [0.717, 1.165) is 13.0 Å². The Labute approximate surface area is 116 Å². The van der Waals surface area contributed by atoms with Crippen LogP contribution in [-0.2, 0) is 0 Å². The van der Waals surface area contributed by atoms with Gasteiger partial charge in [-0.3, -0.25) is 0 Å². The third-order valence-electron chi connectivity index (χ3n) is 4.41. The van der Waals surface area contributed by atoms with Crippen molar-refractivity contribution < 1.29 is 0 Å². The van der Waals surface area contributed by atoms with E-state index in [9.17, 15) is 0 Å². The number of nitrogens with zero attached hydrogens (tertiary/aromatic N) is 3. The second-order valence-electron chi connectivity index (χ2n) is 5.76. The molecule has 106 valence electrons. The molecule has 2 rings (SSSR count). The summed E-state index contributed by atoms with van der Waals surface area (Å²) in [7, 11) is 4.41. The third kappa shape index (κ3) is 2.95. The van der Waals surface area contributed by atoms with Crippen molar-refractivity contribution in [1.29, 1.82) is 0 Å². The van der Waals surface area contributed by atoms with Crippen LogP contribution in [0.3, 0.4) is 0 Å². The van der Waals surface area contributed by atoms with E-state index in [4.69, 9.17) is 0 Å². The summed E-state index contributed by atoms with van der Waals surface area (Å²) >= 11 is 0. The van der Waals surface area contributed by atoms with E-state index < -0.39 is 0 Å². The van der Waals surface area contributed by atoms with Crippen LogP contribution in [-0.4, -0.2) is 41.0 Å². The van der Waals surface area contributed by atoms with Crippen LogP contribution in [0.2, 0.25) is 0 Å². The minimum absolute atomic E-state index is 0.208. The summed E-state index contributed by atoms with van der Waals surface area (Å²) in [4.78, 5) is 10.8. The maximum absolute atomic E-state index is 4.21. The second-order valence-corrected chi connectivity index (χ2v) is 5.76.